The minimum absolute atomic E-state index is 0.334. The quantitative estimate of drug-likeness (QED) is 0.756. The smallest absolute Gasteiger partial charge is 0.0191 e. The molecule has 0 bridgehead atoms. The number of likely N-dealkylation sites (tertiary alicyclic amines) is 1. The lowest BCUT2D eigenvalue weighted by Crippen LogP contribution is -2.47. The molecule has 1 fully saturated rings. The van der Waals surface area contributed by atoms with Crippen molar-refractivity contribution in [3.05, 3.63) is 0 Å². The maximum atomic E-state index is 6.09. The molecule has 3 heteroatoms. The van der Waals surface area contributed by atoms with Gasteiger partial charge in [-0.3, -0.25) is 0 Å². The van der Waals surface area contributed by atoms with Crippen molar-refractivity contribution < 1.29 is 0 Å². The second-order valence-corrected chi connectivity index (χ2v) is 5.40. The first-order valence-electron chi connectivity index (χ1n) is 6.15. The van der Waals surface area contributed by atoms with Crippen molar-refractivity contribution in [3.8, 4) is 0 Å². The molecule has 1 aliphatic heterocycles. The number of rotatable bonds is 4. The molecule has 1 heterocycles. The topological polar surface area (TPSA) is 32.5 Å². The SMILES string of the molecule is CC(C)C(N)CN1CCC(N(C)C)CC1. The van der Waals surface area contributed by atoms with Crippen molar-refractivity contribution in [3.63, 3.8) is 0 Å². The van der Waals surface area contributed by atoms with E-state index in [0.717, 1.165) is 12.6 Å². The van der Waals surface area contributed by atoms with E-state index in [1.807, 2.05) is 0 Å². The first-order chi connectivity index (χ1) is 7.00. The van der Waals surface area contributed by atoms with Gasteiger partial charge in [-0.25, -0.2) is 0 Å². The van der Waals surface area contributed by atoms with Crippen molar-refractivity contribution in [2.45, 2.75) is 38.8 Å². The van der Waals surface area contributed by atoms with Crippen molar-refractivity contribution >= 4 is 0 Å². The molecule has 0 aromatic carbocycles. The first-order valence-corrected chi connectivity index (χ1v) is 6.15. The summed E-state index contributed by atoms with van der Waals surface area (Å²) in [6.45, 7) is 7.90. The zero-order valence-electron chi connectivity index (χ0n) is 10.7. The molecule has 15 heavy (non-hydrogen) atoms. The number of hydrogen-bond acceptors (Lipinski definition) is 3. The zero-order valence-corrected chi connectivity index (χ0v) is 10.7. The molecular weight excluding hydrogens is 186 g/mol. The Morgan fingerprint density at radius 3 is 2.20 bits per heavy atom. The van der Waals surface area contributed by atoms with E-state index in [-0.39, 0.29) is 0 Å². The monoisotopic (exact) mass is 213 g/mol. The summed E-state index contributed by atoms with van der Waals surface area (Å²) in [5, 5.41) is 0. The van der Waals surface area contributed by atoms with Gasteiger partial charge in [0.1, 0.15) is 0 Å². The van der Waals surface area contributed by atoms with Crippen LogP contribution < -0.4 is 5.73 Å². The van der Waals surface area contributed by atoms with Gasteiger partial charge in [-0.15, -0.1) is 0 Å². The third-order valence-electron chi connectivity index (χ3n) is 3.61. The molecule has 1 atom stereocenters. The summed E-state index contributed by atoms with van der Waals surface area (Å²) in [5.74, 6) is 0.594. The number of piperidine rings is 1. The van der Waals surface area contributed by atoms with Crippen LogP contribution in [0, 0.1) is 5.92 Å². The Morgan fingerprint density at radius 1 is 1.27 bits per heavy atom. The second kappa shape index (κ2) is 5.83. The van der Waals surface area contributed by atoms with E-state index in [1.165, 1.54) is 25.9 Å². The van der Waals surface area contributed by atoms with Gasteiger partial charge in [0.15, 0.2) is 0 Å². The molecule has 0 amide bonds. The third kappa shape index (κ3) is 4.09. The highest BCUT2D eigenvalue weighted by molar-refractivity contribution is 4.79. The van der Waals surface area contributed by atoms with Crippen LogP contribution in [0.2, 0.25) is 0 Å². The molecule has 0 spiro atoms. The van der Waals surface area contributed by atoms with Crippen molar-refractivity contribution in [2.24, 2.45) is 11.7 Å². The fourth-order valence-electron chi connectivity index (χ4n) is 2.13. The molecule has 1 unspecified atom stereocenters. The van der Waals surface area contributed by atoms with Gasteiger partial charge in [0, 0.05) is 18.6 Å². The summed E-state index contributed by atoms with van der Waals surface area (Å²) in [4.78, 5) is 4.87. The molecule has 3 nitrogen and oxygen atoms in total. The molecule has 1 saturated heterocycles. The molecule has 90 valence electrons. The Bertz CT molecular complexity index is 172. The maximum absolute atomic E-state index is 6.09. The molecule has 0 aliphatic carbocycles. The fraction of sp³-hybridized carbons (Fsp3) is 1.00. The average Bonchev–Trinajstić information content (AvgIpc) is 2.18. The number of nitrogens with two attached hydrogens (primary N) is 1. The summed E-state index contributed by atoms with van der Waals surface area (Å²) >= 11 is 0. The Balaban J connectivity index is 2.25. The zero-order chi connectivity index (χ0) is 11.4. The van der Waals surface area contributed by atoms with E-state index in [9.17, 15) is 0 Å². The van der Waals surface area contributed by atoms with Gasteiger partial charge in [-0.1, -0.05) is 13.8 Å². The van der Waals surface area contributed by atoms with E-state index >= 15 is 0 Å². The van der Waals surface area contributed by atoms with Crippen LogP contribution in [0.4, 0.5) is 0 Å². The summed E-state index contributed by atoms with van der Waals surface area (Å²) in [6, 6.07) is 1.11. The van der Waals surface area contributed by atoms with Crippen LogP contribution >= 0.6 is 0 Å². The highest BCUT2D eigenvalue weighted by atomic mass is 15.2. The van der Waals surface area contributed by atoms with Crippen LogP contribution in [-0.2, 0) is 0 Å². The van der Waals surface area contributed by atoms with Crippen LogP contribution in [0.3, 0.4) is 0 Å². The lowest BCUT2D eigenvalue weighted by atomic mass is 10.0. The predicted molar refractivity (Wildman–Crippen MR) is 66.0 cm³/mol. The molecule has 0 saturated carbocycles. The molecular formula is C12H27N3. The average molecular weight is 213 g/mol. The van der Waals surface area contributed by atoms with E-state index in [0.29, 0.717) is 12.0 Å². The van der Waals surface area contributed by atoms with Gasteiger partial charge < -0.3 is 15.5 Å². The fourth-order valence-corrected chi connectivity index (χ4v) is 2.13. The van der Waals surface area contributed by atoms with E-state index in [4.69, 9.17) is 5.73 Å². The van der Waals surface area contributed by atoms with Gasteiger partial charge in [0.05, 0.1) is 0 Å². The molecule has 0 radical (unpaired) electrons. The Hall–Kier alpha value is -0.120. The first kappa shape index (κ1) is 12.9. The predicted octanol–water partition coefficient (Wildman–Crippen LogP) is 0.996. The Labute approximate surface area is 94.6 Å². The standard InChI is InChI=1S/C12H27N3/c1-10(2)12(13)9-15-7-5-11(6-8-15)14(3)4/h10-12H,5-9,13H2,1-4H3. The lowest BCUT2D eigenvalue weighted by Gasteiger charge is -2.36. The van der Waals surface area contributed by atoms with Crippen LogP contribution in [0.1, 0.15) is 26.7 Å². The van der Waals surface area contributed by atoms with Crippen LogP contribution in [0.25, 0.3) is 0 Å². The van der Waals surface area contributed by atoms with Gasteiger partial charge in [0.2, 0.25) is 0 Å². The lowest BCUT2D eigenvalue weighted by molar-refractivity contribution is 0.134. The maximum Gasteiger partial charge on any atom is 0.0191 e. The van der Waals surface area contributed by atoms with Gasteiger partial charge >= 0.3 is 0 Å². The summed E-state index contributed by atoms with van der Waals surface area (Å²) in [5.41, 5.74) is 6.09. The largest absolute Gasteiger partial charge is 0.326 e. The van der Waals surface area contributed by atoms with Crippen molar-refractivity contribution in [1.29, 1.82) is 0 Å². The van der Waals surface area contributed by atoms with E-state index in [1.54, 1.807) is 0 Å². The summed E-state index contributed by atoms with van der Waals surface area (Å²) in [7, 11) is 4.36. The van der Waals surface area contributed by atoms with Crippen LogP contribution in [0.15, 0.2) is 0 Å². The van der Waals surface area contributed by atoms with Crippen molar-refractivity contribution in [1.82, 2.24) is 9.80 Å². The Kier molecular flexibility index (Phi) is 5.03. The Morgan fingerprint density at radius 2 is 1.80 bits per heavy atom. The van der Waals surface area contributed by atoms with Gasteiger partial charge in [0.25, 0.3) is 0 Å². The van der Waals surface area contributed by atoms with E-state index in [2.05, 4.69) is 37.7 Å². The summed E-state index contributed by atoms with van der Waals surface area (Å²) < 4.78 is 0. The number of nitrogens with zero attached hydrogens (tertiary/aromatic N) is 2. The highest BCUT2D eigenvalue weighted by Gasteiger charge is 2.22. The highest BCUT2D eigenvalue weighted by Crippen LogP contribution is 2.14. The van der Waals surface area contributed by atoms with Crippen molar-refractivity contribution in [2.75, 3.05) is 33.7 Å². The molecule has 1 rings (SSSR count). The normalized spacial score (nSPS) is 22.6. The van der Waals surface area contributed by atoms with E-state index < -0.39 is 0 Å². The summed E-state index contributed by atoms with van der Waals surface area (Å²) in [6.07, 6.45) is 2.58. The van der Waals surface area contributed by atoms with Crippen LogP contribution in [0.5, 0.6) is 0 Å². The van der Waals surface area contributed by atoms with Gasteiger partial charge in [-0.05, 0) is 45.9 Å². The molecule has 2 N–H and O–H groups in total. The molecule has 0 aromatic rings. The minimum Gasteiger partial charge on any atom is -0.326 e. The van der Waals surface area contributed by atoms with Gasteiger partial charge in [-0.2, -0.15) is 0 Å². The minimum atomic E-state index is 0.334. The molecule has 0 aromatic heterocycles. The van der Waals surface area contributed by atoms with Crippen LogP contribution in [-0.4, -0.2) is 55.6 Å². The second-order valence-electron chi connectivity index (χ2n) is 5.40. The molecule has 1 aliphatic rings. The number of hydrogen-bond donors (Lipinski definition) is 1. The third-order valence-corrected chi connectivity index (χ3v) is 3.61.